The van der Waals surface area contributed by atoms with Crippen LogP contribution in [0.15, 0.2) is 72.8 Å². The highest BCUT2D eigenvalue weighted by Gasteiger charge is 1.97. The number of hydrogen-bond donors (Lipinski definition) is 1. The quantitative estimate of drug-likeness (QED) is 0.703. The van der Waals surface area contributed by atoms with E-state index < -0.39 is 0 Å². The molecule has 0 saturated carbocycles. The fourth-order valence-corrected chi connectivity index (χ4v) is 1.94. The van der Waals surface area contributed by atoms with Crippen LogP contribution >= 0.6 is 0 Å². The Morgan fingerprint density at radius 2 is 1.42 bits per heavy atom. The topological polar surface area (TPSA) is 12.0 Å². The van der Waals surface area contributed by atoms with Gasteiger partial charge in [0.1, 0.15) is 0 Å². The van der Waals surface area contributed by atoms with Crippen LogP contribution in [0.4, 0.5) is 11.4 Å². The third-order valence-electron chi connectivity index (χ3n) is 2.91. The normalized spacial score (nSPS) is 9.68. The maximum absolute atomic E-state index is 3.36. The minimum atomic E-state index is 1.06. The summed E-state index contributed by atoms with van der Waals surface area (Å²) in [5, 5.41) is 3.36. The number of nitrogens with one attached hydrogen (secondary N) is 1. The van der Waals surface area contributed by atoms with Gasteiger partial charge in [0, 0.05) is 16.9 Å². The van der Waals surface area contributed by atoms with E-state index in [1.165, 1.54) is 0 Å². The Bertz CT molecular complexity index is 628. The van der Waals surface area contributed by atoms with Gasteiger partial charge in [-0.3, -0.25) is 0 Å². The molecule has 0 aliphatic carbocycles. The van der Waals surface area contributed by atoms with Gasteiger partial charge in [0.05, 0.1) is 0 Å². The van der Waals surface area contributed by atoms with Gasteiger partial charge >= 0.3 is 0 Å². The minimum absolute atomic E-state index is 1.06. The molecule has 1 heteroatoms. The third-order valence-corrected chi connectivity index (χ3v) is 2.91. The van der Waals surface area contributed by atoms with Crippen LogP contribution < -0.4 is 5.32 Å². The summed E-state index contributed by atoms with van der Waals surface area (Å²) in [6.07, 6.45) is 0. The summed E-state index contributed by atoms with van der Waals surface area (Å²) >= 11 is 0. The Kier molecular flexibility index (Phi) is 3.16. The zero-order valence-corrected chi connectivity index (χ0v) is 10.4. The van der Waals surface area contributed by atoms with E-state index in [0.29, 0.717) is 0 Å². The van der Waals surface area contributed by atoms with Crippen LogP contribution in [0.1, 0.15) is 0 Å². The van der Waals surface area contributed by atoms with Crippen molar-refractivity contribution in [1.82, 2.24) is 0 Å². The maximum Gasteiger partial charge on any atom is 0.0384 e. The highest BCUT2D eigenvalue weighted by atomic mass is 14.9. The van der Waals surface area contributed by atoms with E-state index in [2.05, 4.69) is 41.7 Å². The molecular formula is C18H13N. The molecule has 0 aromatic heterocycles. The molecule has 1 N–H and O–H groups in total. The summed E-state index contributed by atoms with van der Waals surface area (Å²) in [5.74, 6) is 0. The molecule has 19 heavy (non-hydrogen) atoms. The van der Waals surface area contributed by atoms with Gasteiger partial charge in [0.15, 0.2) is 0 Å². The van der Waals surface area contributed by atoms with Crippen LogP contribution in [0.3, 0.4) is 0 Å². The van der Waals surface area contributed by atoms with Gasteiger partial charge < -0.3 is 5.32 Å². The molecule has 3 aromatic rings. The predicted octanol–water partition coefficient (Wildman–Crippen LogP) is 4.70. The average Bonchev–Trinajstić information content (AvgIpc) is 2.50. The van der Waals surface area contributed by atoms with E-state index >= 15 is 0 Å². The SMILES string of the molecule is c1cccc(-c2ccc(Nc3ccccc3)cc2)c#1. The maximum atomic E-state index is 3.36. The summed E-state index contributed by atoms with van der Waals surface area (Å²) in [7, 11) is 0. The lowest BCUT2D eigenvalue weighted by Gasteiger charge is -2.06. The summed E-state index contributed by atoms with van der Waals surface area (Å²) in [4.78, 5) is 0. The molecular weight excluding hydrogens is 230 g/mol. The lowest BCUT2D eigenvalue weighted by atomic mass is 10.1. The number of para-hydroxylation sites is 1. The second kappa shape index (κ2) is 5.29. The third kappa shape index (κ3) is 2.75. The Labute approximate surface area is 113 Å². The molecule has 0 atom stereocenters. The van der Waals surface area contributed by atoms with Gasteiger partial charge in [-0.2, -0.15) is 0 Å². The number of anilines is 2. The van der Waals surface area contributed by atoms with Gasteiger partial charge in [-0.1, -0.05) is 48.5 Å². The van der Waals surface area contributed by atoms with E-state index in [4.69, 9.17) is 0 Å². The van der Waals surface area contributed by atoms with E-state index in [-0.39, 0.29) is 0 Å². The fraction of sp³-hybridized carbons (Fsp3) is 0. The average molecular weight is 243 g/mol. The summed E-state index contributed by atoms with van der Waals surface area (Å²) in [6, 6.07) is 30.4. The second-order valence-corrected chi connectivity index (χ2v) is 4.28. The molecule has 0 radical (unpaired) electrons. The summed E-state index contributed by atoms with van der Waals surface area (Å²) < 4.78 is 0. The molecule has 0 unspecified atom stereocenters. The van der Waals surface area contributed by atoms with Gasteiger partial charge in [-0.15, -0.1) is 0 Å². The summed E-state index contributed by atoms with van der Waals surface area (Å²) in [5.41, 5.74) is 4.38. The largest absolute Gasteiger partial charge is 0.356 e. The van der Waals surface area contributed by atoms with Crippen LogP contribution in [0, 0.1) is 12.1 Å². The van der Waals surface area contributed by atoms with Crippen molar-refractivity contribution in [2.45, 2.75) is 0 Å². The van der Waals surface area contributed by atoms with E-state index in [0.717, 1.165) is 22.5 Å². The van der Waals surface area contributed by atoms with Crippen LogP contribution in [-0.4, -0.2) is 0 Å². The van der Waals surface area contributed by atoms with Gasteiger partial charge in [-0.25, -0.2) is 0 Å². The van der Waals surface area contributed by atoms with E-state index in [1.807, 2.05) is 48.5 Å². The van der Waals surface area contributed by atoms with E-state index in [9.17, 15) is 0 Å². The van der Waals surface area contributed by atoms with Crippen LogP contribution in [0.25, 0.3) is 11.1 Å². The lowest BCUT2D eigenvalue weighted by Crippen LogP contribution is -1.89. The fourth-order valence-electron chi connectivity index (χ4n) is 1.94. The first-order chi connectivity index (χ1) is 9.42. The Morgan fingerprint density at radius 3 is 2.11 bits per heavy atom. The zero-order chi connectivity index (χ0) is 12.9. The Morgan fingerprint density at radius 1 is 0.684 bits per heavy atom. The number of hydrogen-bond acceptors (Lipinski definition) is 1. The molecule has 0 amide bonds. The monoisotopic (exact) mass is 243 g/mol. The Balaban J connectivity index is 1.80. The number of benzene rings is 2. The van der Waals surface area contributed by atoms with Gasteiger partial charge in [0.2, 0.25) is 0 Å². The molecule has 0 fully saturated rings. The Hall–Kier alpha value is -2.72. The van der Waals surface area contributed by atoms with Crippen molar-refractivity contribution < 1.29 is 0 Å². The predicted molar refractivity (Wildman–Crippen MR) is 79.3 cm³/mol. The number of rotatable bonds is 3. The van der Waals surface area contributed by atoms with Crippen LogP contribution in [0.2, 0.25) is 0 Å². The molecule has 0 saturated heterocycles. The second-order valence-electron chi connectivity index (χ2n) is 4.28. The van der Waals surface area contributed by atoms with Crippen molar-refractivity contribution >= 4 is 11.4 Å². The highest BCUT2D eigenvalue weighted by Crippen LogP contribution is 2.21. The molecule has 0 spiro atoms. The molecule has 3 aromatic carbocycles. The lowest BCUT2D eigenvalue weighted by molar-refractivity contribution is 1.54. The first-order valence-electron chi connectivity index (χ1n) is 6.23. The molecule has 3 rings (SSSR count). The van der Waals surface area contributed by atoms with Crippen molar-refractivity contribution in [3.63, 3.8) is 0 Å². The van der Waals surface area contributed by atoms with Crippen molar-refractivity contribution in [3.8, 4) is 11.1 Å². The van der Waals surface area contributed by atoms with E-state index in [1.54, 1.807) is 0 Å². The van der Waals surface area contributed by atoms with Crippen molar-refractivity contribution in [2.75, 3.05) is 5.32 Å². The summed E-state index contributed by atoms with van der Waals surface area (Å²) in [6.45, 7) is 0. The van der Waals surface area contributed by atoms with Crippen molar-refractivity contribution in [1.29, 1.82) is 0 Å². The molecule has 0 aliphatic rings. The first-order valence-corrected chi connectivity index (χ1v) is 6.23. The minimum Gasteiger partial charge on any atom is -0.356 e. The molecule has 0 aliphatic heterocycles. The first kappa shape index (κ1) is 11.4. The van der Waals surface area contributed by atoms with Crippen molar-refractivity contribution in [2.24, 2.45) is 0 Å². The smallest absolute Gasteiger partial charge is 0.0384 e. The molecule has 1 nitrogen and oxygen atoms in total. The zero-order valence-electron chi connectivity index (χ0n) is 10.4. The highest BCUT2D eigenvalue weighted by molar-refractivity contribution is 5.67. The molecule has 90 valence electrons. The molecule has 0 bridgehead atoms. The van der Waals surface area contributed by atoms with Gasteiger partial charge in [0.25, 0.3) is 0 Å². The standard InChI is InChI=1S/C18H13N/c1-3-7-15(8-4-1)16-11-13-18(14-12-16)19-17-9-5-2-6-10-17/h1-3,5-7,9-14,19H. The van der Waals surface area contributed by atoms with Crippen LogP contribution in [0.5, 0.6) is 0 Å². The molecule has 0 heterocycles. The van der Waals surface area contributed by atoms with Gasteiger partial charge in [-0.05, 0) is 42.0 Å². The van der Waals surface area contributed by atoms with Crippen molar-refractivity contribution in [3.05, 3.63) is 84.9 Å². The van der Waals surface area contributed by atoms with Crippen LogP contribution in [-0.2, 0) is 0 Å².